The Bertz CT molecular complexity index is 1280. The molecule has 32 heavy (non-hydrogen) atoms. The van der Waals surface area contributed by atoms with Crippen LogP contribution in [-0.4, -0.2) is 43.0 Å². The Labute approximate surface area is 197 Å². The van der Waals surface area contributed by atoms with Gasteiger partial charge in [-0.05, 0) is 49.7 Å². The summed E-state index contributed by atoms with van der Waals surface area (Å²) in [6.07, 6.45) is 1.73. The second kappa shape index (κ2) is 9.89. The molecule has 1 N–H and O–H groups in total. The average Bonchev–Trinajstić information content (AvgIpc) is 2.97. The number of nitrogens with one attached hydrogen (secondary N) is 1. The Kier molecular flexibility index (Phi) is 7.62. The topological polar surface area (TPSA) is 71.4 Å². The summed E-state index contributed by atoms with van der Waals surface area (Å²) >= 11 is 5.90. The fourth-order valence-corrected chi connectivity index (χ4v) is 5.98. The molecule has 1 aliphatic rings. The monoisotopic (exact) mass is 499 g/mol. The van der Waals surface area contributed by atoms with Gasteiger partial charge in [0.1, 0.15) is 5.82 Å². The van der Waals surface area contributed by atoms with E-state index in [9.17, 15) is 13.2 Å². The van der Waals surface area contributed by atoms with Crippen LogP contribution in [0.5, 0.6) is 0 Å². The lowest BCUT2D eigenvalue weighted by Gasteiger charge is -2.26. The maximum absolute atomic E-state index is 15.3. The largest absolute Gasteiger partial charge is 0.315 e. The highest BCUT2D eigenvalue weighted by Gasteiger charge is 2.32. The highest BCUT2D eigenvalue weighted by atomic mass is 35.5. The van der Waals surface area contributed by atoms with Crippen molar-refractivity contribution in [2.75, 3.05) is 19.6 Å². The van der Waals surface area contributed by atoms with Crippen LogP contribution in [0.4, 0.5) is 4.39 Å². The van der Waals surface area contributed by atoms with Crippen molar-refractivity contribution in [1.29, 1.82) is 0 Å². The van der Waals surface area contributed by atoms with Gasteiger partial charge in [-0.2, -0.15) is 4.31 Å². The van der Waals surface area contributed by atoms with Gasteiger partial charge in [0.25, 0.3) is 5.56 Å². The molecule has 1 aliphatic heterocycles. The van der Waals surface area contributed by atoms with Crippen LogP contribution in [0, 0.1) is 5.82 Å². The zero-order valence-electron chi connectivity index (χ0n) is 17.4. The minimum absolute atomic E-state index is 0. The molecule has 1 atom stereocenters. The minimum atomic E-state index is -3.99. The summed E-state index contributed by atoms with van der Waals surface area (Å²) in [5.41, 5.74) is 0.328. The molecule has 0 amide bonds. The first-order valence-electron chi connectivity index (χ1n) is 10.1. The number of rotatable bonds is 4. The number of halogens is 3. The molecule has 0 bridgehead atoms. The number of hydrogen-bond donors (Lipinski definition) is 1. The van der Waals surface area contributed by atoms with Gasteiger partial charge in [-0.15, -0.1) is 12.4 Å². The van der Waals surface area contributed by atoms with Crippen molar-refractivity contribution in [1.82, 2.24) is 14.2 Å². The minimum Gasteiger partial charge on any atom is -0.315 e. The number of aromatic nitrogens is 1. The molecule has 0 radical (unpaired) electrons. The number of nitrogens with zero attached hydrogens (tertiary/aromatic N) is 2. The third kappa shape index (κ3) is 4.70. The van der Waals surface area contributed by atoms with Gasteiger partial charge in [0.15, 0.2) is 0 Å². The van der Waals surface area contributed by atoms with Crippen LogP contribution in [-0.2, 0) is 16.6 Å². The van der Waals surface area contributed by atoms with Crippen LogP contribution in [0.1, 0.15) is 18.9 Å². The van der Waals surface area contributed by atoms with Gasteiger partial charge in [0.05, 0.1) is 16.8 Å². The lowest BCUT2D eigenvalue weighted by molar-refractivity contribution is 0.353. The number of fused-ring (bicyclic) bond motifs is 1. The summed E-state index contributed by atoms with van der Waals surface area (Å²) in [4.78, 5) is 12.9. The van der Waals surface area contributed by atoms with Gasteiger partial charge in [0.2, 0.25) is 10.0 Å². The lowest BCUT2D eigenvalue weighted by Crippen LogP contribution is -2.41. The summed E-state index contributed by atoms with van der Waals surface area (Å²) in [5, 5.41) is 3.64. The fraction of sp³-hybridized carbons (Fsp3) is 0.318. The first-order chi connectivity index (χ1) is 14.8. The van der Waals surface area contributed by atoms with Crippen LogP contribution in [0.3, 0.4) is 0 Å². The summed E-state index contributed by atoms with van der Waals surface area (Å²) in [5.74, 6) is -0.747. The van der Waals surface area contributed by atoms with E-state index in [0.29, 0.717) is 24.5 Å². The smallest absolute Gasteiger partial charge is 0.258 e. The molecule has 0 spiro atoms. The molecular formula is C22H24Cl2FN3O3S. The van der Waals surface area contributed by atoms with E-state index >= 15 is 4.39 Å². The van der Waals surface area contributed by atoms with Crippen molar-refractivity contribution in [3.05, 3.63) is 75.4 Å². The molecule has 4 rings (SSSR count). The molecule has 1 aromatic heterocycles. The van der Waals surface area contributed by atoms with E-state index in [2.05, 4.69) is 5.32 Å². The van der Waals surface area contributed by atoms with Gasteiger partial charge in [-0.3, -0.25) is 4.79 Å². The Morgan fingerprint density at radius 3 is 2.62 bits per heavy atom. The number of hydrogen-bond acceptors (Lipinski definition) is 4. The second-order valence-electron chi connectivity index (χ2n) is 7.74. The van der Waals surface area contributed by atoms with Gasteiger partial charge in [-0.25, -0.2) is 12.8 Å². The standard InChI is InChI=1S/C22H23ClFN3O3S.ClH/c1-15-12-25-10-3-11-27(15)31(29,30)20-5-2-4-18-21(20)19(24)14-26(22(18)28)13-16-6-8-17(23)9-7-16;/h2,4-9,14-15,25H,3,10-13H2,1H3;1H/t15-;/m1./s1. The molecule has 1 saturated heterocycles. The fourth-order valence-electron chi connectivity index (χ4n) is 3.97. The van der Waals surface area contributed by atoms with Crippen LogP contribution in [0.2, 0.25) is 5.02 Å². The number of pyridine rings is 1. The van der Waals surface area contributed by atoms with E-state index in [4.69, 9.17) is 11.6 Å². The Balaban J connectivity index is 0.00000289. The van der Waals surface area contributed by atoms with E-state index in [0.717, 1.165) is 18.3 Å². The first-order valence-corrected chi connectivity index (χ1v) is 11.9. The average molecular weight is 500 g/mol. The van der Waals surface area contributed by atoms with E-state index < -0.39 is 21.4 Å². The molecule has 3 aromatic rings. The predicted octanol–water partition coefficient (Wildman–Crippen LogP) is 3.64. The zero-order valence-corrected chi connectivity index (χ0v) is 19.8. The van der Waals surface area contributed by atoms with E-state index in [1.807, 2.05) is 6.92 Å². The van der Waals surface area contributed by atoms with Crippen molar-refractivity contribution in [3.63, 3.8) is 0 Å². The van der Waals surface area contributed by atoms with Gasteiger partial charge >= 0.3 is 0 Å². The molecule has 2 aromatic carbocycles. The SMILES string of the molecule is C[C@@H]1CNCCCN1S(=O)(=O)c1cccc2c(=O)n(Cc3ccc(Cl)cc3)cc(F)c12.Cl. The molecule has 6 nitrogen and oxygen atoms in total. The molecular weight excluding hydrogens is 476 g/mol. The summed E-state index contributed by atoms with van der Waals surface area (Å²) < 4.78 is 44.8. The predicted molar refractivity (Wildman–Crippen MR) is 127 cm³/mol. The van der Waals surface area contributed by atoms with Gasteiger partial charge in [0, 0.05) is 35.7 Å². The molecule has 1 fully saturated rings. The Hall–Kier alpha value is -1.97. The quantitative estimate of drug-likeness (QED) is 0.594. The lowest BCUT2D eigenvalue weighted by atomic mass is 10.1. The summed E-state index contributed by atoms with van der Waals surface area (Å²) in [7, 11) is -3.99. The van der Waals surface area contributed by atoms with Crippen LogP contribution in [0.25, 0.3) is 10.8 Å². The second-order valence-corrected chi connectivity index (χ2v) is 10.0. The molecule has 172 valence electrons. The molecule has 0 saturated carbocycles. The van der Waals surface area contributed by atoms with Crippen molar-refractivity contribution in [3.8, 4) is 0 Å². The highest BCUT2D eigenvalue weighted by molar-refractivity contribution is 7.89. The van der Waals surface area contributed by atoms with Gasteiger partial charge < -0.3 is 9.88 Å². The number of sulfonamides is 1. The summed E-state index contributed by atoms with van der Waals surface area (Å²) in [6.45, 7) is 3.53. The number of benzene rings is 2. The van der Waals surface area contributed by atoms with E-state index in [-0.39, 0.29) is 40.7 Å². The van der Waals surface area contributed by atoms with Crippen LogP contribution < -0.4 is 10.9 Å². The normalized spacial score (nSPS) is 17.7. The van der Waals surface area contributed by atoms with Crippen molar-refractivity contribution in [2.45, 2.75) is 30.8 Å². The van der Waals surface area contributed by atoms with Gasteiger partial charge in [-0.1, -0.05) is 29.8 Å². The maximum Gasteiger partial charge on any atom is 0.258 e. The van der Waals surface area contributed by atoms with Crippen LogP contribution >= 0.6 is 24.0 Å². The molecule has 10 heteroatoms. The van der Waals surface area contributed by atoms with Crippen molar-refractivity contribution in [2.24, 2.45) is 0 Å². The van der Waals surface area contributed by atoms with Crippen molar-refractivity contribution >= 4 is 44.8 Å². The third-order valence-electron chi connectivity index (χ3n) is 5.54. The summed E-state index contributed by atoms with van der Waals surface area (Å²) in [6, 6.07) is 10.9. The third-order valence-corrected chi connectivity index (χ3v) is 7.85. The van der Waals surface area contributed by atoms with Crippen LogP contribution in [0.15, 0.2) is 58.4 Å². The highest BCUT2D eigenvalue weighted by Crippen LogP contribution is 2.28. The first kappa shape index (κ1) is 24.7. The van der Waals surface area contributed by atoms with Crippen molar-refractivity contribution < 1.29 is 12.8 Å². The van der Waals surface area contributed by atoms with E-state index in [1.165, 1.54) is 27.1 Å². The zero-order chi connectivity index (χ0) is 22.2. The Morgan fingerprint density at radius 1 is 1.19 bits per heavy atom. The molecule has 0 aliphatic carbocycles. The molecule has 2 heterocycles. The Morgan fingerprint density at radius 2 is 1.91 bits per heavy atom. The van der Waals surface area contributed by atoms with E-state index in [1.54, 1.807) is 24.3 Å². The maximum atomic E-state index is 15.3. The molecule has 0 unspecified atom stereocenters.